The molecule has 1 N–H and O–H groups in total. The maximum Gasteiger partial charge on any atom is 0.188 e. The summed E-state index contributed by atoms with van der Waals surface area (Å²) in [5.74, 6) is 0. The molecule has 1 atom stereocenters. The fraction of sp³-hybridized carbons (Fsp3) is 0.600. The smallest absolute Gasteiger partial charge is 0.188 e. The van der Waals surface area contributed by atoms with E-state index >= 15 is 0 Å². The Bertz CT molecular complexity index is 428. The van der Waals surface area contributed by atoms with Gasteiger partial charge in [-0.3, -0.25) is 0 Å². The minimum Gasteiger partial charge on any atom is -0.373 e. The summed E-state index contributed by atoms with van der Waals surface area (Å²) in [4.78, 5) is 6.80. The molecule has 1 fully saturated rings. The van der Waals surface area contributed by atoms with E-state index in [0.717, 1.165) is 24.8 Å². The Kier molecular flexibility index (Phi) is 4.18. The summed E-state index contributed by atoms with van der Waals surface area (Å²) in [5.41, 5.74) is 0. The zero-order chi connectivity index (χ0) is 12.3. The van der Waals surface area contributed by atoms with Gasteiger partial charge in [0.25, 0.3) is 0 Å². The van der Waals surface area contributed by atoms with Gasteiger partial charge in [-0.1, -0.05) is 22.9 Å². The number of hydrogen-bond acceptors (Lipinski definition) is 6. The Morgan fingerprint density at radius 1 is 1.76 bits per heavy atom. The number of rotatable bonds is 3. The third-order valence-corrected chi connectivity index (χ3v) is 3.92. The minimum absolute atomic E-state index is 0.155. The second-order valence-electron chi connectivity index (χ2n) is 3.72. The van der Waals surface area contributed by atoms with Gasteiger partial charge in [0.05, 0.1) is 12.7 Å². The lowest BCUT2D eigenvalue weighted by Crippen LogP contribution is -2.46. The van der Waals surface area contributed by atoms with Crippen molar-refractivity contribution in [2.24, 2.45) is 0 Å². The van der Waals surface area contributed by atoms with Crippen LogP contribution in [0, 0.1) is 11.3 Å². The number of nitrogens with one attached hydrogen (secondary N) is 1. The first-order chi connectivity index (χ1) is 8.24. The number of hydrogen-bond donors (Lipinski definition) is 1. The first-order valence-electron chi connectivity index (χ1n) is 5.32. The molecule has 0 saturated carbocycles. The molecule has 1 aromatic heterocycles. The van der Waals surface area contributed by atoms with E-state index in [4.69, 9.17) is 21.6 Å². The molecule has 1 saturated heterocycles. The largest absolute Gasteiger partial charge is 0.373 e. The molecule has 1 aliphatic heterocycles. The Hall–Kier alpha value is -0.870. The number of aromatic nitrogens is 1. The van der Waals surface area contributed by atoms with Crippen molar-refractivity contribution in [2.75, 3.05) is 38.2 Å². The molecule has 1 aliphatic rings. The second kappa shape index (κ2) is 5.65. The Morgan fingerprint density at radius 3 is 3.24 bits per heavy atom. The highest BCUT2D eigenvalue weighted by Gasteiger charge is 2.23. The molecule has 2 heterocycles. The van der Waals surface area contributed by atoms with Gasteiger partial charge in [-0.15, -0.1) is 0 Å². The molecule has 0 aromatic carbocycles. The van der Waals surface area contributed by atoms with Crippen LogP contribution in [0.5, 0.6) is 0 Å². The first kappa shape index (κ1) is 12.6. The molecule has 5 nitrogen and oxygen atoms in total. The molecule has 0 radical (unpaired) electrons. The summed E-state index contributed by atoms with van der Waals surface area (Å²) in [6.07, 6.45) is 0.155. The average molecular weight is 273 g/mol. The highest BCUT2D eigenvalue weighted by molar-refractivity contribution is 7.16. The number of ether oxygens (including phenoxy) is 1. The van der Waals surface area contributed by atoms with E-state index in [0.29, 0.717) is 16.6 Å². The quantitative estimate of drug-likeness (QED) is 0.893. The van der Waals surface area contributed by atoms with Gasteiger partial charge in [-0.25, -0.2) is 4.98 Å². The molecule has 0 spiro atoms. The minimum atomic E-state index is 0.155. The van der Waals surface area contributed by atoms with E-state index in [-0.39, 0.29) is 6.10 Å². The van der Waals surface area contributed by atoms with Crippen molar-refractivity contribution in [3.63, 3.8) is 0 Å². The predicted molar refractivity (Wildman–Crippen MR) is 67.7 cm³/mol. The highest BCUT2D eigenvalue weighted by Crippen LogP contribution is 2.29. The van der Waals surface area contributed by atoms with Gasteiger partial charge in [-0.05, 0) is 7.05 Å². The molecule has 0 amide bonds. The third-order valence-electron chi connectivity index (χ3n) is 2.52. The summed E-state index contributed by atoms with van der Waals surface area (Å²) in [6.45, 7) is 3.04. The van der Waals surface area contributed by atoms with Crippen LogP contribution in [0.15, 0.2) is 0 Å². The third kappa shape index (κ3) is 2.87. The van der Waals surface area contributed by atoms with E-state index in [1.54, 1.807) is 0 Å². The first-order valence-corrected chi connectivity index (χ1v) is 6.51. The van der Waals surface area contributed by atoms with E-state index in [2.05, 4.69) is 15.2 Å². The summed E-state index contributed by atoms with van der Waals surface area (Å²) < 4.78 is 5.61. The number of nitriles is 1. The highest BCUT2D eigenvalue weighted by atomic mass is 35.5. The second-order valence-corrected chi connectivity index (χ2v) is 5.06. The van der Waals surface area contributed by atoms with Crippen LogP contribution in [0.3, 0.4) is 0 Å². The van der Waals surface area contributed by atoms with Crippen molar-refractivity contribution >= 4 is 28.1 Å². The van der Waals surface area contributed by atoms with Crippen LogP contribution in [0.2, 0.25) is 5.15 Å². The number of halogens is 1. The van der Waals surface area contributed by atoms with Gasteiger partial charge < -0.3 is 15.0 Å². The normalized spacial score (nSPS) is 20.3. The van der Waals surface area contributed by atoms with Crippen molar-refractivity contribution in [1.29, 1.82) is 5.26 Å². The number of thiazole rings is 1. The number of morpholine rings is 1. The van der Waals surface area contributed by atoms with E-state index in [9.17, 15) is 0 Å². The molecule has 0 aliphatic carbocycles. The average Bonchev–Trinajstić information content (AvgIpc) is 2.71. The summed E-state index contributed by atoms with van der Waals surface area (Å²) in [6, 6.07) is 2.04. The molecular formula is C10H13ClN4OS. The Labute approximate surface area is 109 Å². The van der Waals surface area contributed by atoms with E-state index in [1.807, 2.05) is 13.1 Å². The standard InChI is InChI=1S/C10H13ClN4OS/c1-13-5-7-6-15(2-3-16-7)10-14-9(11)8(4-12)17-10/h7,13H,2-3,5-6H2,1H3. The summed E-state index contributed by atoms with van der Waals surface area (Å²) in [7, 11) is 1.90. The fourth-order valence-corrected chi connectivity index (χ4v) is 2.82. The maximum absolute atomic E-state index is 8.85. The lowest BCUT2D eigenvalue weighted by molar-refractivity contribution is 0.0421. The molecule has 92 valence electrons. The van der Waals surface area contributed by atoms with Gasteiger partial charge in [0.15, 0.2) is 10.3 Å². The van der Waals surface area contributed by atoms with Crippen molar-refractivity contribution < 1.29 is 4.74 Å². The lowest BCUT2D eigenvalue weighted by atomic mass is 10.3. The van der Waals surface area contributed by atoms with Crippen molar-refractivity contribution in [3.05, 3.63) is 10.0 Å². The van der Waals surface area contributed by atoms with Crippen molar-refractivity contribution in [2.45, 2.75) is 6.10 Å². The lowest BCUT2D eigenvalue weighted by Gasteiger charge is -2.32. The number of nitrogens with zero attached hydrogens (tertiary/aromatic N) is 3. The van der Waals surface area contributed by atoms with Crippen LogP contribution in [0.25, 0.3) is 0 Å². The van der Waals surface area contributed by atoms with Gasteiger partial charge in [0.1, 0.15) is 10.9 Å². The topological polar surface area (TPSA) is 61.2 Å². The molecule has 2 rings (SSSR count). The van der Waals surface area contributed by atoms with Gasteiger partial charge in [-0.2, -0.15) is 5.26 Å². The van der Waals surface area contributed by atoms with Gasteiger partial charge >= 0.3 is 0 Å². The predicted octanol–water partition coefficient (Wildman–Crippen LogP) is 1.09. The number of likely N-dealkylation sites (N-methyl/N-ethyl adjacent to an activating group) is 1. The van der Waals surface area contributed by atoms with Crippen molar-refractivity contribution in [1.82, 2.24) is 10.3 Å². The zero-order valence-electron chi connectivity index (χ0n) is 9.44. The molecule has 17 heavy (non-hydrogen) atoms. The monoisotopic (exact) mass is 272 g/mol. The zero-order valence-corrected chi connectivity index (χ0v) is 11.0. The van der Waals surface area contributed by atoms with Crippen LogP contribution < -0.4 is 10.2 Å². The molecule has 1 unspecified atom stereocenters. The molecular weight excluding hydrogens is 260 g/mol. The number of anilines is 1. The van der Waals surface area contributed by atoms with Crippen LogP contribution in [-0.4, -0.2) is 44.4 Å². The fourth-order valence-electron chi connectivity index (χ4n) is 1.74. The molecule has 1 aromatic rings. The summed E-state index contributed by atoms with van der Waals surface area (Å²) >= 11 is 7.20. The van der Waals surface area contributed by atoms with Crippen LogP contribution in [0.4, 0.5) is 5.13 Å². The van der Waals surface area contributed by atoms with Crippen LogP contribution >= 0.6 is 22.9 Å². The Balaban J connectivity index is 2.08. The molecule has 0 bridgehead atoms. The van der Waals surface area contributed by atoms with Crippen LogP contribution in [0.1, 0.15) is 4.88 Å². The van der Waals surface area contributed by atoms with Gasteiger partial charge in [0, 0.05) is 19.6 Å². The summed E-state index contributed by atoms with van der Waals surface area (Å²) in [5, 5.41) is 13.0. The van der Waals surface area contributed by atoms with E-state index in [1.165, 1.54) is 11.3 Å². The van der Waals surface area contributed by atoms with E-state index < -0.39 is 0 Å². The molecule has 7 heteroatoms. The van der Waals surface area contributed by atoms with Crippen LogP contribution in [-0.2, 0) is 4.74 Å². The Morgan fingerprint density at radius 2 is 2.59 bits per heavy atom. The van der Waals surface area contributed by atoms with Gasteiger partial charge in [0.2, 0.25) is 0 Å². The van der Waals surface area contributed by atoms with Crippen molar-refractivity contribution in [3.8, 4) is 6.07 Å². The SMILES string of the molecule is CNCC1CN(c2nc(Cl)c(C#N)s2)CCO1. The maximum atomic E-state index is 8.85.